The molecule has 42 heavy (non-hydrogen) atoms. The van der Waals surface area contributed by atoms with Gasteiger partial charge in [0.05, 0.1) is 10.6 Å². The molecule has 1 heterocycles. The fraction of sp³-hybridized carbons (Fsp3) is 0.115. The summed E-state index contributed by atoms with van der Waals surface area (Å²) in [5, 5.41) is 23.2. The van der Waals surface area contributed by atoms with Crippen LogP contribution in [0.2, 0.25) is 5.28 Å². The molecular weight excluding hydrogens is 608 g/mol. The number of nitrogens with one attached hydrogen (secondary N) is 1. The number of hydrogen-bond donors (Lipinski definition) is 4. The number of rotatable bonds is 7. The molecule has 0 aliphatic carbocycles. The Morgan fingerprint density at radius 3 is 2.33 bits per heavy atom. The lowest BCUT2D eigenvalue weighted by molar-refractivity contribution is 0.480. The molecule has 5 rings (SSSR count). The maximum Gasteiger partial charge on any atom is 0.297 e. The van der Waals surface area contributed by atoms with Crippen LogP contribution in [-0.4, -0.2) is 46.0 Å². The zero-order valence-electron chi connectivity index (χ0n) is 21.8. The summed E-state index contributed by atoms with van der Waals surface area (Å²) < 4.78 is 68.4. The number of benzene rings is 4. The Morgan fingerprint density at radius 2 is 1.64 bits per heavy atom. The molecule has 16 heteroatoms. The second-order valence-corrected chi connectivity index (χ2v) is 12.2. The first kappa shape index (κ1) is 29.2. The van der Waals surface area contributed by atoms with Crippen molar-refractivity contribution in [2.75, 3.05) is 5.32 Å². The molecule has 0 bridgehead atoms. The molecule has 0 aliphatic heterocycles. The van der Waals surface area contributed by atoms with Crippen LogP contribution in [0.5, 0.6) is 5.75 Å². The molecule has 1 aromatic heterocycles. The first-order chi connectivity index (χ1) is 19.8. The lowest BCUT2D eigenvalue weighted by Gasteiger charge is -2.15. The first-order valence-electron chi connectivity index (χ1n) is 12.1. The van der Waals surface area contributed by atoms with Crippen molar-refractivity contribution in [3.63, 3.8) is 0 Å². The van der Waals surface area contributed by atoms with Crippen molar-refractivity contribution in [2.24, 2.45) is 10.2 Å². The molecule has 0 radical (unpaired) electrons. The Kier molecular flexibility index (Phi) is 7.55. The number of phenolic OH excluding ortho intramolecular Hbond substituents is 1. The topological polar surface area (TPSA) is 204 Å². The van der Waals surface area contributed by atoms with Crippen molar-refractivity contribution < 1.29 is 31.0 Å². The van der Waals surface area contributed by atoms with Crippen molar-refractivity contribution in [3.8, 4) is 5.75 Å². The fourth-order valence-corrected chi connectivity index (χ4v) is 5.96. The number of phenols is 1. The maximum atomic E-state index is 12.3. The fourth-order valence-electron chi connectivity index (χ4n) is 4.41. The summed E-state index contributed by atoms with van der Waals surface area (Å²) in [6.45, 7) is 3.35. The van der Waals surface area contributed by atoms with Gasteiger partial charge in [0.15, 0.2) is 5.75 Å². The largest absolute Gasteiger partial charge is 0.505 e. The Hall–Kier alpha value is -4.28. The van der Waals surface area contributed by atoms with Crippen LogP contribution in [0.1, 0.15) is 18.3 Å². The van der Waals surface area contributed by atoms with E-state index in [-0.39, 0.29) is 44.5 Å². The predicted octanol–water partition coefficient (Wildman–Crippen LogP) is 6.06. The van der Waals surface area contributed by atoms with Crippen molar-refractivity contribution in [1.82, 2.24) is 15.0 Å². The van der Waals surface area contributed by atoms with Gasteiger partial charge in [-0.3, -0.25) is 9.11 Å². The highest BCUT2D eigenvalue weighted by Gasteiger charge is 2.22. The van der Waals surface area contributed by atoms with Crippen LogP contribution in [0.25, 0.3) is 21.5 Å². The van der Waals surface area contributed by atoms with Gasteiger partial charge in [-0.1, -0.05) is 37.3 Å². The minimum Gasteiger partial charge on any atom is -0.505 e. The maximum absolute atomic E-state index is 12.3. The number of aromatic hydroxyl groups is 1. The van der Waals surface area contributed by atoms with E-state index < -0.39 is 35.8 Å². The minimum atomic E-state index is -4.73. The summed E-state index contributed by atoms with van der Waals surface area (Å²) in [6.07, 6.45) is 0.415. The summed E-state index contributed by atoms with van der Waals surface area (Å²) in [7, 11) is -9.40. The van der Waals surface area contributed by atoms with E-state index >= 15 is 0 Å². The SMILES string of the molecule is CCc1nc(Cl)nc(Nc2cc(S(=O)(=O)O)cc3cc(C)c(N=Nc4ccc5ccccc5c4S(=O)(=O)O)c(O)c23)n1. The van der Waals surface area contributed by atoms with Gasteiger partial charge >= 0.3 is 0 Å². The average molecular weight is 629 g/mol. The lowest BCUT2D eigenvalue weighted by Crippen LogP contribution is -2.05. The van der Waals surface area contributed by atoms with Crippen molar-refractivity contribution in [2.45, 2.75) is 30.1 Å². The monoisotopic (exact) mass is 628 g/mol. The standard InChI is InChI=1S/C26H21ClN6O7S2/c1-3-20-29-25(27)31-26(30-20)28-19-12-16(41(35,36)37)11-15-10-13(2)22(23(34)21(15)19)33-32-18-9-8-14-6-4-5-7-17(14)24(18)42(38,39)40/h4-12,34H,3H2,1-2H3,(H,35,36,37)(H,38,39,40)(H,28,29,30,31). The molecule has 216 valence electrons. The molecule has 4 aromatic carbocycles. The molecule has 0 aliphatic rings. The number of anilines is 2. The number of aromatic nitrogens is 3. The molecule has 0 fully saturated rings. The molecule has 0 saturated heterocycles. The van der Waals surface area contributed by atoms with E-state index in [1.54, 1.807) is 38.1 Å². The number of fused-ring (bicyclic) bond motifs is 2. The minimum absolute atomic E-state index is 0.0253. The highest BCUT2D eigenvalue weighted by molar-refractivity contribution is 7.86. The van der Waals surface area contributed by atoms with Crippen LogP contribution in [0, 0.1) is 6.92 Å². The number of azo groups is 1. The molecule has 13 nitrogen and oxygen atoms in total. The molecule has 5 aromatic rings. The summed E-state index contributed by atoms with van der Waals surface area (Å²) in [6, 6.07) is 13.2. The zero-order valence-corrected chi connectivity index (χ0v) is 24.2. The van der Waals surface area contributed by atoms with Crippen molar-refractivity contribution in [3.05, 3.63) is 71.3 Å². The summed E-state index contributed by atoms with van der Waals surface area (Å²) in [5.41, 5.74) is 0.0419. The third kappa shape index (κ3) is 5.73. The Labute approximate surface area is 244 Å². The summed E-state index contributed by atoms with van der Waals surface area (Å²) >= 11 is 6.00. The van der Waals surface area contributed by atoms with Gasteiger partial charge in [-0.15, -0.1) is 10.2 Å². The summed E-state index contributed by atoms with van der Waals surface area (Å²) in [4.78, 5) is 11.3. The number of nitrogens with zero attached hydrogens (tertiary/aromatic N) is 5. The zero-order chi connectivity index (χ0) is 30.4. The highest BCUT2D eigenvalue weighted by atomic mass is 35.5. The average Bonchev–Trinajstić information content (AvgIpc) is 2.90. The van der Waals surface area contributed by atoms with Gasteiger partial charge in [0.1, 0.15) is 22.1 Å². The lowest BCUT2D eigenvalue weighted by atomic mass is 10.0. The van der Waals surface area contributed by atoms with E-state index in [9.17, 15) is 31.0 Å². The van der Waals surface area contributed by atoms with Crippen LogP contribution in [0.15, 0.2) is 74.6 Å². The van der Waals surface area contributed by atoms with Gasteiger partial charge in [0.2, 0.25) is 11.2 Å². The molecular formula is C26H21ClN6O7S2. The van der Waals surface area contributed by atoms with Crippen LogP contribution < -0.4 is 5.32 Å². The van der Waals surface area contributed by atoms with E-state index in [4.69, 9.17) is 11.6 Å². The molecule has 4 N–H and O–H groups in total. The normalized spacial score (nSPS) is 12.4. The van der Waals surface area contributed by atoms with Crippen molar-refractivity contribution in [1.29, 1.82) is 0 Å². The number of halogens is 1. The van der Waals surface area contributed by atoms with Crippen LogP contribution in [0.4, 0.5) is 23.0 Å². The van der Waals surface area contributed by atoms with Gasteiger partial charge in [-0.2, -0.15) is 26.8 Å². The second kappa shape index (κ2) is 10.8. The first-order valence-corrected chi connectivity index (χ1v) is 15.4. The molecule has 0 spiro atoms. The highest BCUT2D eigenvalue weighted by Crippen LogP contribution is 2.44. The van der Waals surface area contributed by atoms with Crippen LogP contribution in [0.3, 0.4) is 0 Å². The molecule has 0 saturated carbocycles. The molecule has 0 amide bonds. The van der Waals surface area contributed by atoms with E-state index in [2.05, 4.69) is 30.5 Å². The van der Waals surface area contributed by atoms with E-state index in [0.29, 0.717) is 23.2 Å². The van der Waals surface area contributed by atoms with Gasteiger partial charge in [0, 0.05) is 17.2 Å². The van der Waals surface area contributed by atoms with E-state index in [1.165, 1.54) is 18.2 Å². The number of aryl methyl sites for hydroxylation is 2. The van der Waals surface area contributed by atoms with Crippen molar-refractivity contribution >= 4 is 76.4 Å². The van der Waals surface area contributed by atoms with Gasteiger partial charge < -0.3 is 10.4 Å². The van der Waals surface area contributed by atoms with Crippen LogP contribution >= 0.6 is 11.6 Å². The second-order valence-electron chi connectivity index (χ2n) is 9.07. The Balaban J connectivity index is 1.72. The molecule has 0 atom stereocenters. The van der Waals surface area contributed by atoms with Gasteiger partial charge in [-0.25, -0.2) is 4.98 Å². The van der Waals surface area contributed by atoms with E-state index in [0.717, 1.165) is 12.1 Å². The number of hydrogen-bond acceptors (Lipinski definition) is 11. The van der Waals surface area contributed by atoms with Gasteiger partial charge in [0.25, 0.3) is 20.2 Å². The Morgan fingerprint density at radius 1 is 0.905 bits per heavy atom. The quantitative estimate of drug-likeness (QED) is 0.120. The Bertz CT molecular complexity index is 2160. The van der Waals surface area contributed by atoms with Gasteiger partial charge in [-0.05, 0) is 59.1 Å². The third-order valence-corrected chi connectivity index (χ3v) is 8.18. The predicted molar refractivity (Wildman–Crippen MR) is 156 cm³/mol. The van der Waals surface area contributed by atoms with Crippen LogP contribution in [-0.2, 0) is 26.7 Å². The molecule has 0 unspecified atom stereocenters. The van der Waals surface area contributed by atoms with E-state index in [1.807, 2.05) is 0 Å². The smallest absolute Gasteiger partial charge is 0.297 e. The summed E-state index contributed by atoms with van der Waals surface area (Å²) in [5.74, 6) is -0.173. The third-order valence-electron chi connectivity index (χ3n) is 6.24.